The molecule has 0 aromatic heterocycles. The Labute approximate surface area is 186 Å². The molecule has 7 heteroatoms. The third-order valence-corrected chi connectivity index (χ3v) is 5.87. The SMILES string of the molecule is COc1cc2c(cc1O)[C@@H]1Cc3cc4c(cc3[N@+]1(C)CC2)OCO4.[I-].[I-]. The van der Waals surface area contributed by atoms with Crippen molar-refractivity contribution >= 4 is 5.69 Å². The number of hydrogen-bond acceptors (Lipinski definition) is 4. The van der Waals surface area contributed by atoms with Crippen molar-refractivity contribution in [2.24, 2.45) is 0 Å². The first-order valence-corrected chi connectivity index (χ1v) is 8.28. The number of ether oxygens (including phenoxy) is 3. The minimum Gasteiger partial charge on any atom is -1.00 e. The van der Waals surface area contributed by atoms with Crippen molar-refractivity contribution in [2.75, 3.05) is 27.5 Å². The number of phenolic OH excluding ortho intramolecular Hbond substituents is 1. The summed E-state index contributed by atoms with van der Waals surface area (Å²) in [7, 11) is 3.88. The number of halogens is 2. The quantitative estimate of drug-likeness (QED) is 0.288. The first-order valence-electron chi connectivity index (χ1n) is 8.28. The maximum absolute atomic E-state index is 10.3. The molecular formula is C19H20I2NO4-. The molecule has 2 aromatic carbocycles. The number of aromatic hydroxyl groups is 1. The molecule has 2 atom stereocenters. The van der Waals surface area contributed by atoms with E-state index in [1.165, 1.54) is 22.4 Å². The summed E-state index contributed by atoms with van der Waals surface area (Å²) in [6, 6.07) is 8.46. The van der Waals surface area contributed by atoms with E-state index in [4.69, 9.17) is 14.2 Å². The van der Waals surface area contributed by atoms with Crippen molar-refractivity contribution in [3.63, 3.8) is 0 Å². The second kappa shape index (κ2) is 6.90. The summed E-state index contributed by atoms with van der Waals surface area (Å²) in [6.45, 7) is 1.33. The van der Waals surface area contributed by atoms with Crippen LogP contribution in [0.1, 0.15) is 22.7 Å². The molecule has 0 saturated heterocycles. The lowest BCUT2D eigenvalue weighted by Crippen LogP contribution is -3.00. The van der Waals surface area contributed by atoms with E-state index < -0.39 is 0 Å². The number of hydrogen-bond donors (Lipinski definition) is 1. The van der Waals surface area contributed by atoms with Gasteiger partial charge in [0.1, 0.15) is 11.7 Å². The van der Waals surface area contributed by atoms with Gasteiger partial charge in [0.2, 0.25) is 6.79 Å². The van der Waals surface area contributed by atoms with Crippen LogP contribution in [0.15, 0.2) is 24.3 Å². The predicted octanol–water partition coefficient (Wildman–Crippen LogP) is -3.07. The van der Waals surface area contributed by atoms with Crippen LogP contribution in [0.3, 0.4) is 0 Å². The van der Waals surface area contributed by atoms with E-state index in [-0.39, 0.29) is 53.7 Å². The maximum Gasteiger partial charge on any atom is 0.231 e. The van der Waals surface area contributed by atoms with Gasteiger partial charge >= 0.3 is 0 Å². The smallest absolute Gasteiger partial charge is 0.231 e. The number of phenols is 1. The first kappa shape index (κ1) is 19.8. The fraction of sp³-hybridized carbons (Fsp3) is 0.368. The molecule has 5 rings (SSSR count). The highest BCUT2D eigenvalue weighted by molar-refractivity contribution is 5.66. The zero-order valence-electron chi connectivity index (χ0n) is 14.6. The summed E-state index contributed by atoms with van der Waals surface area (Å²) < 4.78 is 17.2. The van der Waals surface area contributed by atoms with Gasteiger partial charge in [0, 0.05) is 30.0 Å². The van der Waals surface area contributed by atoms with Gasteiger partial charge in [-0.3, -0.25) is 4.48 Å². The summed E-state index contributed by atoms with van der Waals surface area (Å²) >= 11 is 0. The Morgan fingerprint density at radius 2 is 1.81 bits per heavy atom. The Hall–Kier alpha value is -0.940. The number of likely N-dealkylation sites (N-methyl/N-ethyl adjacent to an activating group) is 1. The van der Waals surface area contributed by atoms with Crippen molar-refractivity contribution in [1.29, 1.82) is 0 Å². The molecular weight excluding hydrogens is 560 g/mol. The Balaban J connectivity index is 0.000000980. The van der Waals surface area contributed by atoms with Crippen LogP contribution in [-0.2, 0) is 12.8 Å². The van der Waals surface area contributed by atoms with E-state index >= 15 is 0 Å². The predicted molar refractivity (Wildman–Crippen MR) is 90.0 cm³/mol. The number of quaternary nitrogens is 1. The number of rotatable bonds is 1. The van der Waals surface area contributed by atoms with Crippen LogP contribution in [-0.4, -0.2) is 32.6 Å². The molecule has 3 heterocycles. The van der Waals surface area contributed by atoms with Crippen molar-refractivity contribution in [2.45, 2.75) is 18.9 Å². The fourth-order valence-corrected chi connectivity index (χ4v) is 4.55. The lowest BCUT2D eigenvalue weighted by molar-refractivity contribution is -0.00100. The van der Waals surface area contributed by atoms with Gasteiger partial charge in [-0.05, 0) is 23.8 Å². The largest absolute Gasteiger partial charge is 1.00 e. The lowest BCUT2D eigenvalue weighted by atomic mass is 9.90. The van der Waals surface area contributed by atoms with Crippen molar-refractivity contribution < 1.29 is 67.3 Å². The second-order valence-corrected chi connectivity index (χ2v) is 7.02. The summed E-state index contributed by atoms with van der Waals surface area (Å²) in [6.07, 6.45) is 1.91. The lowest BCUT2D eigenvalue weighted by Gasteiger charge is -2.41. The third-order valence-electron chi connectivity index (χ3n) is 5.87. The topological polar surface area (TPSA) is 47.9 Å². The Morgan fingerprint density at radius 3 is 2.54 bits per heavy atom. The first-order chi connectivity index (χ1) is 11.6. The monoisotopic (exact) mass is 580 g/mol. The Kier molecular flexibility index (Phi) is 5.26. The summed E-state index contributed by atoms with van der Waals surface area (Å²) in [4.78, 5) is 0. The Morgan fingerprint density at radius 1 is 1.08 bits per heavy atom. The number of benzene rings is 2. The fourth-order valence-electron chi connectivity index (χ4n) is 4.55. The summed E-state index contributed by atoms with van der Waals surface area (Å²) in [5, 5.41) is 10.3. The van der Waals surface area contributed by atoms with Crippen LogP contribution in [0.2, 0.25) is 0 Å². The molecule has 0 saturated carbocycles. The van der Waals surface area contributed by atoms with Crippen molar-refractivity contribution in [3.05, 3.63) is 41.0 Å². The zero-order valence-corrected chi connectivity index (χ0v) is 18.9. The molecule has 0 unspecified atom stereocenters. The number of methoxy groups -OCH3 is 1. The van der Waals surface area contributed by atoms with Gasteiger partial charge in [0.15, 0.2) is 23.0 Å². The normalized spacial score (nSPS) is 23.8. The van der Waals surface area contributed by atoms with E-state index in [1.807, 2.05) is 12.1 Å². The minimum atomic E-state index is 0. The average Bonchev–Trinajstić information content (AvgIpc) is 3.14. The van der Waals surface area contributed by atoms with Crippen molar-refractivity contribution in [3.8, 4) is 23.0 Å². The van der Waals surface area contributed by atoms with E-state index in [2.05, 4.69) is 19.2 Å². The van der Waals surface area contributed by atoms with Crippen LogP contribution in [0.5, 0.6) is 23.0 Å². The molecule has 3 aliphatic rings. The highest BCUT2D eigenvalue weighted by Gasteiger charge is 2.48. The van der Waals surface area contributed by atoms with Crippen LogP contribution in [0, 0.1) is 0 Å². The average molecular weight is 580 g/mol. The van der Waals surface area contributed by atoms with Crippen LogP contribution >= 0.6 is 0 Å². The van der Waals surface area contributed by atoms with Gasteiger partial charge in [-0.2, -0.15) is 0 Å². The molecule has 0 spiro atoms. The van der Waals surface area contributed by atoms with Crippen LogP contribution < -0.4 is 66.6 Å². The molecule has 0 fully saturated rings. The van der Waals surface area contributed by atoms with Gasteiger partial charge in [0.25, 0.3) is 0 Å². The highest BCUT2D eigenvalue weighted by Crippen LogP contribution is 2.53. The Bertz CT molecular complexity index is 873. The molecule has 26 heavy (non-hydrogen) atoms. The second-order valence-electron chi connectivity index (χ2n) is 7.02. The molecule has 2 aromatic rings. The molecule has 0 amide bonds. The van der Waals surface area contributed by atoms with E-state index in [0.717, 1.165) is 35.4 Å². The van der Waals surface area contributed by atoms with Gasteiger partial charge in [-0.1, -0.05) is 0 Å². The maximum atomic E-state index is 10.3. The third kappa shape index (κ3) is 2.65. The minimum absolute atomic E-state index is 0. The van der Waals surface area contributed by atoms with Gasteiger partial charge in [-0.15, -0.1) is 0 Å². The van der Waals surface area contributed by atoms with Gasteiger partial charge in [0.05, 0.1) is 20.7 Å². The van der Waals surface area contributed by atoms with Crippen LogP contribution in [0.4, 0.5) is 5.69 Å². The molecule has 0 aliphatic carbocycles. The molecule has 0 bridgehead atoms. The van der Waals surface area contributed by atoms with Crippen molar-refractivity contribution in [1.82, 2.24) is 4.48 Å². The van der Waals surface area contributed by atoms with E-state index in [0.29, 0.717) is 18.6 Å². The van der Waals surface area contributed by atoms with Gasteiger partial charge in [-0.25, -0.2) is 0 Å². The summed E-state index contributed by atoms with van der Waals surface area (Å²) in [5.41, 5.74) is 5.12. The summed E-state index contributed by atoms with van der Waals surface area (Å²) in [5.74, 6) is 2.46. The van der Waals surface area contributed by atoms with E-state index in [1.54, 1.807) is 7.11 Å². The van der Waals surface area contributed by atoms with Crippen LogP contribution in [0.25, 0.3) is 0 Å². The number of fused-ring (bicyclic) bond motifs is 6. The molecule has 0 radical (unpaired) electrons. The highest BCUT2D eigenvalue weighted by atomic mass is 127. The zero-order chi connectivity index (χ0) is 16.5. The molecule has 140 valence electrons. The molecule has 1 N–H and O–H groups in total. The number of nitrogens with zero attached hydrogens (tertiary/aromatic N) is 1. The van der Waals surface area contributed by atoms with E-state index in [9.17, 15) is 5.11 Å². The standard InChI is InChI=1S/C19H19NO4.2HI/c1-20-4-3-11-6-17(22-2)16(21)8-13(11)15(20)5-12-7-18-19(9-14(12)20)24-10-23-18;;/h6-9,15H,3-5,10H2,1-2H3;2*1H/p-1/t15-,20-;;/m0../s1. The van der Waals surface area contributed by atoms with Gasteiger partial charge < -0.3 is 67.3 Å². The molecule has 5 nitrogen and oxygen atoms in total. The molecule has 3 aliphatic heterocycles.